The first-order valence-corrected chi connectivity index (χ1v) is 4.84. The van der Waals surface area contributed by atoms with Crippen molar-refractivity contribution in [1.82, 2.24) is 9.97 Å². The van der Waals surface area contributed by atoms with Crippen molar-refractivity contribution in [3.05, 3.63) is 18.1 Å². The van der Waals surface area contributed by atoms with Gasteiger partial charge < -0.3 is 10.5 Å². The van der Waals surface area contributed by atoms with Crippen molar-refractivity contribution in [2.45, 2.75) is 18.5 Å². The summed E-state index contributed by atoms with van der Waals surface area (Å²) in [4.78, 5) is 6.42. The molecule has 0 aliphatic rings. The average molecular weight is 305 g/mol. The molecule has 1 heterocycles. The van der Waals surface area contributed by atoms with Gasteiger partial charge in [0, 0.05) is 0 Å². The van der Waals surface area contributed by atoms with E-state index in [1.165, 1.54) is 0 Å². The molecule has 4 nitrogen and oxygen atoms in total. The normalized spacial score (nSPS) is 12.6. The van der Waals surface area contributed by atoms with Crippen LogP contribution in [-0.2, 0) is 0 Å². The van der Waals surface area contributed by atoms with E-state index in [1.54, 1.807) is 0 Å². The zero-order valence-corrected chi connectivity index (χ0v) is 9.60. The third kappa shape index (κ3) is 4.19. The topological polar surface area (TPSA) is 61.0 Å². The smallest absolute Gasteiger partial charge is 0.434 e. The third-order valence-corrected chi connectivity index (χ3v) is 1.92. The molecule has 2 N–H and O–H groups in total. The SMILES string of the molecule is NC(=S)c1cnc(OC(C(F)(F)F)C(F)(F)F)cn1. The Balaban J connectivity index is 2.95. The fourth-order valence-electron chi connectivity index (χ4n) is 0.944. The number of aromatic nitrogens is 2. The molecule has 106 valence electrons. The second kappa shape index (κ2) is 5.15. The summed E-state index contributed by atoms with van der Waals surface area (Å²) in [7, 11) is 0. The number of thiocarbonyl (C=S) groups is 1. The molecule has 0 saturated heterocycles. The molecule has 1 aromatic heterocycles. The molecule has 0 saturated carbocycles. The first-order chi connectivity index (χ1) is 8.51. The fourth-order valence-corrected chi connectivity index (χ4v) is 1.05. The van der Waals surface area contributed by atoms with E-state index in [4.69, 9.17) is 5.73 Å². The van der Waals surface area contributed by atoms with Crippen LogP contribution in [0.5, 0.6) is 5.88 Å². The van der Waals surface area contributed by atoms with Gasteiger partial charge in [0.05, 0.1) is 12.4 Å². The lowest BCUT2D eigenvalue weighted by molar-refractivity contribution is -0.300. The van der Waals surface area contributed by atoms with Gasteiger partial charge in [0.25, 0.3) is 6.10 Å². The summed E-state index contributed by atoms with van der Waals surface area (Å²) >= 11 is 4.49. The van der Waals surface area contributed by atoms with Gasteiger partial charge in [-0.15, -0.1) is 0 Å². The van der Waals surface area contributed by atoms with Gasteiger partial charge in [0.2, 0.25) is 5.88 Å². The molecule has 0 bridgehead atoms. The van der Waals surface area contributed by atoms with Crippen molar-refractivity contribution >= 4 is 17.2 Å². The van der Waals surface area contributed by atoms with Crippen LogP contribution in [0.4, 0.5) is 26.3 Å². The van der Waals surface area contributed by atoms with Gasteiger partial charge >= 0.3 is 12.4 Å². The summed E-state index contributed by atoms with van der Waals surface area (Å²) in [6.45, 7) is 0. The highest BCUT2D eigenvalue weighted by molar-refractivity contribution is 7.80. The van der Waals surface area contributed by atoms with Gasteiger partial charge in [-0.25, -0.2) is 9.97 Å². The highest BCUT2D eigenvalue weighted by Crippen LogP contribution is 2.35. The number of ether oxygens (including phenoxy) is 1. The molecule has 0 aliphatic carbocycles. The minimum absolute atomic E-state index is 0.0575. The Bertz CT molecular complexity index is 443. The summed E-state index contributed by atoms with van der Waals surface area (Å²) in [5.74, 6) is -0.945. The molecule has 19 heavy (non-hydrogen) atoms. The van der Waals surface area contributed by atoms with Crippen LogP contribution < -0.4 is 10.5 Å². The first kappa shape index (κ1) is 15.4. The van der Waals surface area contributed by atoms with Crippen molar-refractivity contribution in [1.29, 1.82) is 0 Å². The molecular weight excluding hydrogens is 300 g/mol. The van der Waals surface area contributed by atoms with Crippen molar-refractivity contribution in [3.63, 3.8) is 0 Å². The van der Waals surface area contributed by atoms with E-state index in [-0.39, 0.29) is 10.7 Å². The Kier molecular flexibility index (Phi) is 4.18. The van der Waals surface area contributed by atoms with Crippen molar-refractivity contribution < 1.29 is 31.1 Å². The number of nitrogens with two attached hydrogens (primary N) is 1. The van der Waals surface area contributed by atoms with Crippen molar-refractivity contribution in [2.24, 2.45) is 5.73 Å². The van der Waals surface area contributed by atoms with Gasteiger partial charge in [-0.3, -0.25) is 0 Å². The standard InChI is InChI=1S/C8H5F6N3OS/c9-7(10,11)6(8(12,13)14)18-4-2-16-3(1-17-4)5(15)19/h1-2,6H,(H2,15,19). The number of hydrogen-bond donors (Lipinski definition) is 1. The third-order valence-electron chi connectivity index (χ3n) is 1.71. The molecule has 0 aliphatic heterocycles. The maximum Gasteiger partial charge on any atom is 0.434 e. The van der Waals surface area contributed by atoms with Crippen molar-refractivity contribution in [3.8, 4) is 5.88 Å². The van der Waals surface area contributed by atoms with E-state index in [0.29, 0.717) is 6.20 Å². The highest BCUT2D eigenvalue weighted by Gasteiger charge is 2.59. The van der Waals surface area contributed by atoms with Crippen molar-refractivity contribution in [2.75, 3.05) is 0 Å². The second-order valence-corrected chi connectivity index (χ2v) is 3.63. The van der Waals surface area contributed by atoms with Crippen LogP contribution in [-0.4, -0.2) is 33.4 Å². The molecule has 0 fully saturated rings. The molecular formula is C8H5F6N3OS. The Morgan fingerprint density at radius 1 is 1.11 bits per heavy atom. The number of hydrogen-bond acceptors (Lipinski definition) is 4. The summed E-state index contributed by atoms with van der Waals surface area (Å²) < 4.78 is 76.8. The quantitative estimate of drug-likeness (QED) is 0.683. The van der Waals surface area contributed by atoms with Crippen LogP contribution in [0.1, 0.15) is 5.69 Å². The Hall–Kier alpha value is -1.65. The van der Waals surface area contributed by atoms with E-state index in [9.17, 15) is 26.3 Å². The molecule has 0 atom stereocenters. The molecule has 0 spiro atoms. The van der Waals surface area contributed by atoms with E-state index in [1.807, 2.05) is 0 Å². The zero-order chi connectivity index (χ0) is 14.8. The first-order valence-electron chi connectivity index (χ1n) is 4.43. The monoisotopic (exact) mass is 305 g/mol. The van der Waals surface area contributed by atoms with Crippen LogP contribution >= 0.6 is 12.2 Å². The minimum Gasteiger partial charge on any atom is -0.454 e. The molecule has 1 rings (SSSR count). The zero-order valence-electron chi connectivity index (χ0n) is 8.79. The fraction of sp³-hybridized carbons (Fsp3) is 0.375. The maximum absolute atomic E-state index is 12.2. The van der Waals surface area contributed by atoms with E-state index < -0.39 is 24.3 Å². The molecule has 1 aromatic rings. The number of alkyl halides is 6. The summed E-state index contributed by atoms with van der Waals surface area (Å²) in [5.41, 5.74) is 5.07. The molecule has 0 unspecified atom stereocenters. The van der Waals surface area contributed by atoms with E-state index in [0.717, 1.165) is 6.20 Å². The van der Waals surface area contributed by atoms with Gasteiger partial charge in [-0.2, -0.15) is 26.3 Å². The van der Waals surface area contributed by atoms with E-state index in [2.05, 4.69) is 26.9 Å². The summed E-state index contributed by atoms with van der Waals surface area (Å²) in [6.07, 6.45) is -13.9. The number of rotatable bonds is 3. The molecule has 0 radical (unpaired) electrons. The lowest BCUT2D eigenvalue weighted by Gasteiger charge is -2.22. The highest BCUT2D eigenvalue weighted by atomic mass is 32.1. The van der Waals surface area contributed by atoms with Gasteiger partial charge in [0.1, 0.15) is 10.7 Å². The van der Waals surface area contributed by atoms with Crippen LogP contribution in [0.3, 0.4) is 0 Å². The maximum atomic E-state index is 12.2. The lowest BCUT2D eigenvalue weighted by atomic mass is 10.3. The van der Waals surface area contributed by atoms with Gasteiger partial charge in [-0.05, 0) is 0 Å². The Morgan fingerprint density at radius 2 is 1.63 bits per heavy atom. The van der Waals surface area contributed by atoms with E-state index >= 15 is 0 Å². The van der Waals surface area contributed by atoms with Crippen LogP contribution in [0.2, 0.25) is 0 Å². The predicted octanol–water partition coefficient (Wildman–Crippen LogP) is 1.98. The Labute approximate surface area is 107 Å². The molecule has 0 amide bonds. The molecule has 11 heteroatoms. The van der Waals surface area contributed by atoms with Gasteiger partial charge in [0.15, 0.2) is 0 Å². The predicted molar refractivity (Wildman–Crippen MR) is 54.4 cm³/mol. The Morgan fingerprint density at radius 3 is 1.95 bits per heavy atom. The summed E-state index contributed by atoms with van der Waals surface area (Å²) in [6, 6.07) is 0. The van der Waals surface area contributed by atoms with Gasteiger partial charge in [-0.1, -0.05) is 12.2 Å². The van der Waals surface area contributed by atoms with Crippen LogP contribution in [0, 0.1) is 0 Å². The average Bonchev–Trinajstić information content (AvgIpc) is 2.23. The number of halogens is 6. The van der Waals surface area contributed by atoms with Crippen LogP contribution in [0.15, 0.2) is 12.4 Å². The number of nitrogens with zero attached hydrogens (tertiary/aromatic N) is 2. The van der Waals surface area contributed by atoms with Crippen LogP contribution in [0.25, 0.3) is 0 Å². The summed E-state index contributed by atoms with van der Waals surface area (Å²) in [5, 5.41) is 0. The lowest BCUT2D eigenvalue weighted by Crippen LogP contribution is -2.46. The largest absolute Gasteiger partial charge is 0.454 e. The second-order valence-electron chi connectivity index (χ2n) is 3.19. The molecule has 0 aromatic carbocycles. The minimum atomic E-state index is -5.62.